The molecule has 2 heterocycles. The van der Waals surface area contributed by atoms with Gasteiger partial charge in [-0.3, -0.25) is 9.78 Å². The van der Waals surface area contributed by atoms with Crippen LogP contribution in [0.3, 0.4) is 0 Å². The van der Waals surface area contributed by atoms with Gasteiger partial charge in [0.25, 0.3) is 5.91 Å². The van der Waals surface area contributed by atoms with Crippen LogP contribution >= 0.6 is 0 Å². The Morgan fingerprint density at radius 2 is 2.20 bits per heavy atom. The zero-order valence-electron chi connectivity index (χ0n) is 10.8. The van der Waals surface area contributed by atoms with E-state index < -0.39 is 5.82 Å². The topological polar surface area (TPSA) is 59.2 Å². The summed E-state index contributed by atoms with van der Waals surface area (Å²) in [4.78, 5) is 17.9. The fourth-order valence-electron chi connectivity index (χ4n) is 2.55. The SMILES string of the molecule is Nc1cccc2c1CCCN2C(=O)c1cncc(F)c1. The van der Waals surface area contributed by atoms with Crippen LogP contribution in [-0.2, 0) is 6.42 Å². The first-order valence-electron chi connectivity index (χ1n) is 6.46. The number of anilines is 2. The molecule has 102 valence electrons. The highest BCUT2D eigenvalue weighted by atomic mass is 19.1. The lowest BCUT2D eigenvalue weighted by Gasteiger charge is -2.30. The molecule has 4 nitrogen and oxygen atoms in total. The van der Waals surface area contributed by atoms with Gasteiger partial charge in [0.1, 0.15) is 5.82 Å². The Labute approximate surface area is 116 Å². The molecule has 1 aliphatic rings. The zero-order valence-corrected chi connectivity index (χ0v) is 10.8. The van der Waals surface area contributed by atoms with E-state index in [1.165, 1.54) is 12.3 Å². The van der Waals surface area contributed by atoms with E-state index >= 15 is 0 Å². The Kier molecular flexibility index (Phi) is 3.10. The van der Waals surface area contributed by atoms with Crippen LogP contribution in [0.4, 0.5) is 15.8 Å². The van der Waals surface area contributed by atoms with Crippen molar-refractivity contribution in [1.29, 1.82) is 0 Å². The summed E-state index contributed by atoms with van der Waals surface area (Å²) in [5.74, 6) is -0.760. The molecule has 0 atom stereocenters. The van der Waals surface area contributed by atoms with Crippen LogP contribution in [0.5, 0.6) is 0 Å². The molecule has 3 rings (SSSR count). The monoisotopic (exact) mass is 271 g/mol. The summed E-state index contributed by atoms with van der Waals surface area (Å²) in [6.45, 7) is 0.603. The van der Waals surface area contributed by atoms with Crippen LogP contribution < -0.4 is 10.6 Å². The van der Waals surface area contributed by atoms with Gasteiger partial charge in [-0.05, 0) is 36.6 Å². The molecule has 5 heteroatoms. The van der Waals surface area contributed by atoms with Crippen molar-refractivity contribution in [2.24, 2.45) is 0 Å². The quantitative estimate of drug-likeness (QED) is 0.810. The molecule has 2 N–H and O–H groups in total. The number of hydrogen-bond acceptors (Lipinski definition) is 3. The van der Waals surface area contributed by atoms with Gasteiger partial charge < -0.3 is 10.6 Å². The smallest absolute Gasteiger partial charge is 0.259 e. The Hall–Kier alpha value is -2.43. The van der Waals surface area contributed by atoms with Crippen LogP contribution in [0, 0.1) is 5.82 Å². The Bertz CT molecular complexity index is 672. The van der Waals surface area contributed by atoms with Crippen LogP contribution in [0.2, 0.25) is 0 Å². The van der Waals surface area contributed by atoms with Crippen LogP contribution in [0.25, 0.3) is 0 Å². The summed E-state index contributed by atoms with van der Waals surface area (Å²) in [5, 5.41) is 0. The third-order valence-corrected chi connectivity index (χ3v) is 3.48. The van der Waals surface area contributed by atoms with Crippen molar-refractivity contribution in [3.05, 3.63) is 53.6 Å². The van der Waals surface area contributed by atoms with Crippen LogP contribution in [0.15, 0.2) is 36.7 Å². The fraction of sp³-hybridized carbons (Fsp3) is 0.200. The molecule has 2 aromatic rings. The second-order valence-corrected chi connectivity index (χ2v) is 4.80. The van der Waals surface area contributed by atoms with E-state index in [4.69, 9.17) is 5.73 Å². The third-order valence-electron chi connectivity index (χ3n) is 3.48. The lowest BCUT2D eigenvalue weighted by Crippen LogP contribution is -2.35. The summed E-state index contributed by atoms with van der Waals surface area (Å²) < 4.78 is 13.2. The molecule has 0 bridgehead atoms. The molecule has 0 saturated heterocycles. The average molecular weight is 271 g/mol. The Morgan fingerprint density at radius 3 is 3.00 bits per heavy atom. The van der Waals surface area contributed by atoms with Gasteiger partial charge in [0.05, 0.1) is 11.8 Å². The number of nitrogen functional groups attached to an aromatic ring is 1. The minimum Gasteiger partial charge on any atom is -0.398 e. The number of carbonyl (C=O) groups excluding carboxylic acids is 1. The molecule has 20 heavy (non-hydrogen) atoms. The van der Waals surface area contributed by atoms with Gasteiger partial charge in [-0.2, -0.15) is 0 Å². The van der Waals surface area contributed by atoms with Gasteiger partial charge in [-0.25, -0.2) is 4.39 Å². The number of halogens is 1. The molecule has 0 radical (unpaired) electrons. The molecule has 1 aromatic carbocycles. The van der Waals surface area contributed by atoms with Crippen molar-refractivity contribution in [2.45, 2.75) is 12.8 Å². The summed E-state index contributed by atoms with van der Waals surface area (Å²) in [7, 11) is 0. The molecule has 0 saturated carbocycles. The van der Waals surface area contributed by atoms with Crippen molar-refractivity contribution in [1.82, 2.24) is 4.98 Å². The molecule has 1 aromatic heterocycles. The van der Waals surface area contributed by atoms with E-state index in [1.807, 2.05) is 18.2 Å². The summed E-state index contributed by atoms with van der Waals surface area (Å²) in [6, 6.07) is 6.73. The van der Waals surface area contributed by atoms with E-state index in [-0.39, 0.29) is 11.5 Å². The van der Waals surface area contributed by atoms with E-state index in [0.29, 0.717) is 12.2 Å². The molecule has 1 aliphatic heterocycles. The van der Waals surface area contributed by atoms with Crippen molar-refractivity contribution >= 4 is 17.3 Å². The summed E-state index contributed by atoms with van der Waals surface area (Å²) >= 11 is 0. The molecule has 0 spiro atoms. The van der Waals surface area contributed by atoms with Gasteiger partial charge in [-0.15, -0.1) is 0 Å². The predicted molar refractivity (Wildman–Crippen MR) is 75.0 cm³/mol. The number of amides is 1. The van der Waals surface area contributed by atoms with Crippen molar-refractivity contribution in [3.63, 3.8) is 0 Å². The summed E-state index contributed by atoms with van der Waals surface area (Å²) in [5.41, 5.74) is 8.69. The number of hydrogen-bond donors (Lipinski definition) is 1. The summed E-state index contributed by atoms with van der Waals surface area (Å²) in [6.07, 6.45) is 4.16. The largest absolute Gasteiger partial charge is 0.398 e. The highest BCUT2D eigenvalue weighted by Crippen LogP contribution is 2.32. The maximum atomic E-state index is 13.2. The van der Waals surface area contributed by atoms with E-state index in [0.717, 1.165) is 30.3 Å². The average Bonchev–Trinajstić information content (AvgIpc) is 2.46. The Balaban J connectivity index is 2.01. The Morgan fingerprint density at radius 1 is 1.35 bits per heavy atom. The fourth-order valence-corrected chi connectivity index (χ4v) is 2.55. The number of carbonyl (C=O) groups is 1. The zero-order chi connectivity index (χ0) is 14.1. The van der Waals surface area contributed by atoms with Crippen molar-refractivity contribution in [3.8, 4) is 0 Å². The second-order valence-electron chi connectivity index (χ2n) is 4.80. The molecular weight excluding hydrogens is 257 g/mol. The first kappa shape index (κ1) is 12.6. The van der Waals surface area contributed by atoms with Crippen molar-refractivity contribution < 1.29 is 9.18 Å². The number of nitrogens with zero attached hydrogens (tertiary/aromatic N) is 2. The van der Waals surface area contributed by atoms with E-state index in [1.54, 1.807) is 4.90 Å². The van der Waals surface area contributed by atoms with Crippen LogP contribution in [-0.4, -0.2) is 17.4 Å². The standard InChI is InChI=1S/C15H14FN3O/c16-11-7-10(8-18-9-11)15(20)19-6-2-3-12-13(17)4-1-5-14(12)19/h1,4-5,7-9H,2-3,6,17H2. The van der Waals surface area contributed by atoms with Gasteiger partial charge in [0.2, 0.25) is 0 Å². The van der Waals surface area contributed by atoms with Gasteiger partial charge >= 0.3 is 0 Å². The maximum Gasteiger partial charge on any atom is 0.259 e. The number of pyridine rings is 1. The highest BCUT2D eigenvalue weighted by molar-refractivity contribution is 6.06. The number of aromatic nitrogens is 1. The number of rotatable bonds is 1. The molecule has 0 unspecified atom stereocenters. The minimum absolute atomic E-state index is 0.247. The number of nitrogens with two attached hydrogens (primary N) is 1. The van der Waals surface area contributed by atoms with E-state index in [2.05, 4.69) is 4.98 Å². The molecule has 0 fully saturated rings. The molecule has 1 amide bonds. The third kappa shape index (κ3) is 2.11. The highest BCUT2D eigenvalue weighted by Gasteiger charge is 2.25. The number of fused-ring (bicyclic) bond motifs is 1. The minimum atomic E-state index is -0.513. The predicted octanol–water partition coefficient (Wildman–Crippen LogP) is 2.40. The second kappa shape index (κ2) is 4.92. The van der Waals surface area contributed by atoms with Gasteiger partial charge in [0, 0.05) is 24.1 Å². The lowest BCUT2D eigenvalue weighted by atomic mass is 9.99. The first-order valence-corrected chi connectivity index (χ1v) is 6.46. The maximum absolute atomic E-state index is 13.2. The van der Waals surface area contributed by atoms with Crippen molar-refractivity contribution in [2.75, 3.05) is 17.2 Å². The first-order chi connectivity index (χ1) is 9.66. The lowest BCUT2D eigenvalue weighted by molar-refractivity contribution is 0.0984. The van der Waals surface area contributed by atoms with Gasteiger partial charge in [0.15, 0.2) is 0 Å². The van der Waals surface area contributed by atoms with Crippen LogP contribution in [0.1, 0.15) is 22.3 Å². The molecular formula is C15H14FN3O. The normalized spacial score (nSPS) is 13.9. The molecule has 0 aliphatic carbocycles. The number of benzene rings is 1. The van der Waals surface area contributed by atoms with Gasteiger partial charge in [-0.1, -0.05) is 6.07 Å². The van der Waals surface area contributed by atoms with E-state index in [9.17, 15) is 9.18 Å².